The summed E-state index contributed by atoms with van der Waals surface area (Å²) >= 11 is 0. The molecule has 1 saturated heterocycles. The van der Waals surface area contributed by atoms with Crippen LogP contribution < -0.4 is 15.2 Å². The third-order valence-corrected chi connectivity index (χ3v) is 5.37. The molecule has 116 valence electrons. The van der Waals surface area contributed by atoms with Crippen LogP contribution in [0.5, 0.6) is 11.5 Å². The molecule has 0 amide bonds. The van der Waals surface area contributed by atoms with E-state index < -0.39 is 0 Å². The second kappa shape index (κ2) is 5.50. The zero-order chi connectivity index (χ0) is 15.0. The topological polar surface area (TPSA) is 47.7 Å². The van der Waals surface area contributed by atoms with E-state index in [0.29, 0.717) is 12.0 Å². The van der Waals surface area contributed by atoms with E-state index in [0.717, 1.165) is 37.4 Å². The highest BCUT2D eigenvalue weighted by molar-refractivity contribution is 5.46. The van der Waals surface area contributed by atoms with Gasteiger partial charge in [0.2, 0.25) is 0 Å². The Morgan fingerprint density at radius 1 is 1.24 bits per heavy atom. The fraction of sp³-hybridized carbons (Fsp3) is 0.647. The first-order valence-electron chi connectivity index (χ1n) is 7.75. The fourth-order valence-corrected chi connectivity index (χ4v) is 4.35. The lowest BCUT2D eigenvalue weighted by molar-refractivity contribution is 0.220. The van der Waals surface area contributed by atoms with Crippen LogP contribution in [0.25, 0.3) is 0 Å². The highest BCUT2D eigenvalue weighted by atomic mass is 16.5. The summed E-state index contributed by atoms with van der Waals surface area (Å²) in [4.78, 5) is 2.44. The molecule has 1 aliphatic heterocycles. The number of ether oxygens (including phenoxy) is 2. The maximum atomic E-state index is 6.21. The molecule has 3 atom stereocenters. The number of fused-ring (bicyclic) bond motifs is 1. The zero-order valence-electron chi connectivity index (χ0n) is 13.3. The van der Waals surface area contributed by atoms with Crippen molar-refractivity contribution in [1.29, 1.82) is 0 Å². The normalized spacial score (nSPS) is 32.8. The van der Waals surface area contributed by atoms with Gasteiger partial charge in [0.25, 0.3) is 0 Å². The summed E-state index contributed by atoms with van der Waals surface area (Å²) in [7, 11) is 5.60. The molecule has 2 aliphatic rings. The number of likely N-dealkylation sites (tertiary alicyclic amines) is 1. The molecule has 0 bridgehead atoms. The number of nitrogens with two attached hydrogens (primary N) is 1. The Balaban J connectivity index is 2.00. The van der Waals surface area contributed by atoms with Gasteiger partial charge in [-0.1, -0.05) is 6.07 Å². The van der Waals surface area contributed by atoms with E-state index in [9.17, 15) is 0 Å². The summed E-state index contributed by atoms with van der Waals surface area (Å²) in [6, 6.07) is 6.77. The van der Waals surface area contributed by atoms with Gasteiger partial charge >= 0.3 is 0 Å². The Morgan fingerprint density at radius 2 is 2.00 bits per heavy atom. The predicted octanol–water partition coefficient (Wildman–Crippen LogP) is 2.01. The van der Waals surface area contributed by atoms with E-state index in [4.69, 9.17) is 15.2 Å². The summed E-state index contributed by atoms with van der Waals surface area (Å²) in [6.45, 7) is 2.25. The smallest absolute Gasteiger partial charge is 0.161 e. The minimum atomic E-state index is 0.226. The first-order valence-corrected chi connectivity index (χ1v) is 7.75. The molecule has 1 aliphatic carbocycles. The van der Waals surface area contributed by atoms with Gasteiger partial charge in [0.05, 0.1) is 14.2 Å². The van der Waals surface area contributed by atoms with Crippen molar-refractivity contribution in [2.24, 2.45) is 11.7 Å². The molecule has 1 heterocycles. The number of benzene rings is 1. The Morgan fingerprint density at radius 3 is 2.71 bits per heavy atom. The van der Waals surface area contributed by atoms with Crippen LogP contribution in [0.3, 0.4) is 0 Å². The quantitative estimate of drug-likeness (QED) is 0.925. The Kier molecular flexibility index (Phi) is 3.84. The molecule has 21 heavy (non-hydrogen) atoms. The van der Waals surface area contributed by atoms with E-state index >= 15 is 0 Å². The van der Waals surface area contributed by atoms with Gasteiger partial charge in [-0.05, 0) is 49.9 Å². The van der Waals surface area contributed by atoms with E-state index in [2.05, 4.69) is 24.1 Å². The number of likely N-dealkylation sites (N-methyl/N-ethyl adjacent to an activating group) is 1. The van der Waals surface area contributed by atoms with Crippen molar-refractivity contribution in [3.8, 4) is 11.5 Å². The average molecular weight is 290 g/mol. The van der Waals surface area contributed by atoms with Crippen LogP contribution in [-0.4, -0.2) is 45.3 Å². The molecular weight excluding hydrogens is 264 g/mol. The Labute approximate surface area is 127 Å². The van der Waals surface area contributed by atoms with Crippen molar-refractivity contribution in [1.82, 2.24) is 4.90 Å². The molecule has 0 radical (unpaired) electrons. The number of hydrogen-bond acceptors (Lipinski definition) is 4. The summed E-state index contributed by atoms with van der Waals surface area (Å²) in [6.07, 6.45) is 3.40. The monoisotopic (exact) mass is 290 g/mol. The van der Waals surface area contributed by atoms with Crippen molar-refractivity contribution in [2.75, 3.05) is 34.4 Å². The van der Waals surface area contributed by atoms with E-state index in [-0.39, 0.29) is 5.41 Å². The van der Waals surface area contributed by atoms with Gasteiger partial charge in [-0.15, -0.1) is 0 Å². The van der Waals surface area contributed by atoms with Crippen molar-refractivity contribution in [2.45, 2.75) is 30.7 Å². The fourth-order valence-electron chi connectivity index (χ4n) is 4.35. The molecule has 2 N–H and O–H groups in total. The number of rotatable bonds is 3. The summed E-state index contributed by atoms with van der Waals surface area (Å²) in [5, 5.41) is 0. The minimum Gasteiger partial charge on any atom is -0.493 e. The highest BCUT2D eigenvalue weighted by Gasteiger charge is 2.49. The van der Waals surface area contributed by atoms with E-state index in [1.165, 1.54) is 12.0 Å². The van der Waals surface area contributed by atoms with Crippen LogP contribution in [0.4, 0.5) is 0 Å². The van der Waals surface area contributed by atoms with Crippen molar-refractivity contribution in [3.63, 3.8) is 0 Å². The molecule has 0 unspecified atom stereocenters. The van der Waals surface area contributed by atoms with E-state index in [1.807, 2.05) is 6.07 Å². The van der Waals surface area contributed by atoms with Gasteiger partial charge in [-0.3, -0.25) is 0 Å². The zero-order valence-corrected chi connectivity index (χ0v) is 13.3. The first-order chi connectivity index (χ1) is 10.1. The van der Waals surface area contributed by atoms with Gasteiger partial charge < -0.3 is 20.1 Å². The molecule has 2 fully saturated rings. The molecule has 4 heteroatoms. The van der Waals surface area contributed by atoms with Crippen LogP contribution >= 0.6 is 0 Å². The highest BCUT2D eigenvalue weighted by Crippen LogP contribution is 2.49. The lowest BCUT2D eigenvalue weighted by Crippen LogP contribution is -2.44. The molecule has 0 spiro atoms. The third-order valence-electron chi connectivity index (χ3n) is 5.37. The van der Waals surface area contributed by atoms with Crippen LogP contribution in [0.1, 0.15) is 24.8 Å². The number of methoxy groups -OCH3 is 2. The van der Waals surface area contributed by atoms with Crippen molar-refractivity contribution >= 4 is 0 Å². The molecule has 0 aromatic heterocycles. The summed E-state index contributed by atoms with van der Waals surface area (Å²) < 4.78 is 10.9. The van der Waals surface area contributed by atoms with Gasteiger partial charge in [0, 0.05) is 24.5 Å². The average Bonchev–Trinajstić information content (AvgIpc) is 2.82. The second-order valence-corrected chi connectivity index (χ2v) is 6.65. The standard InChI is InChI=1S/C17H26N2O2/c1-19-10-13-8-14(18)6-7-17(13,11-19)12-4-5-15(20-2)16(9-12)21-3/h4-5,9,13-14H,6-8,10-11,18H2,1-3H3/t13-,14+,17-/m1/s1. The molecule has 1 saturated carbocycles. The molecule has 4 nitrogen and oxygen atoms in total. The number of hydrogen-bond donors (Lipinski definition) is 1. The van der Waals surface area contributed by atoms with Gasteiger partial charge in [0.1, 0.15) is 0 Å². The molecule has 1 aromatic rings. The maximum absolute atomic E-state index is 6.21. The van der Waals surface area contributed by atoms with Gasteiger partial charge in [0.15, 0.2) is 11.5 Å². The maximum Gasteiger partial charge on any atom is 0.161 e. The van der Waals surface area contributed by atoms with Gasteiger partial charge in [-0.2, -0.15) is 0 Å². The molecular formula is C17H26N2O2. The van der Waals surface area contributed by atoms with Crippen LogP contribution in [-0.2, 0) is 5.41 Å². The van der Waals surface area contributed by atoms with Crippen LogP contribution in [0, 0.1) is 5.92 Å². The summed E-state index contributed by atoms with van der Waals surface area (Å²) in [5.74, 6) is 2.27. The lowest BCUT2D eigenvalue weighted by Gasteiger charge is -2.41. The first kappa shape index (κ1) is 14.7. The van der Waals surface area contributed by atoms with Crippen molar-refractivity contribution < 1.29 is 9.47 Å². The second-order valence-electron chi connectivity index (χ2n) is 6.65. The largest absolute Gasteiger partial charge is 0.493 e. The molecule has 3 rings (SSSR count). The van der Waals surface area contributed by atoms with E-state index in [1.54, 1.807) is 14.2 Å². The van der Waals surface area contributed by atoms with Crippen LogP contribution in [0.2, 0.25) is 0 Å². The number of nitrogens with zero attached hydrogens (tertiary/aromatic N) is 1. The SMILES string of the molecule is COc1ccc([C@]23CC[C@H](N)C[C@@H]2CN(C)C3)cc1OC. The lowest BCUT2D eigenvalue weighted by atomic mass is 9.63. The minimum absolute atomic E-state index is 0.226. The predicted molar refractivity (Wildman–Crippen MR) is 84.0 cm³/mol. The van der Waals surface area contributed by atoms with Crippen LogP contribution in [0.15, 0.2) is 18.2 Å². The summed E-state index contributed by atoms with van der Waals surface area (Å²) in [5.41, 5.74) is 7.81. The Hall–Kier alpha value is -1.26. The Bertz CT molecular complexity index is 520. The van der Waals surface area contributed by atoms with Crippen molar-refractivity contribution in [3.05, 3.63) is 23.8 Å². The third kappa shape index (κ3) is 2.40. The molecule has 1 aromatic carbocycles. The van der Waals surface area contributed by atoms with Gasteiger partial charge in [-0.25, -0.2) is 0 Å².